The van der Waals surface area contributed by atoms with E-state index < -0.39 is 0 Å². The molecule has 2 aromatic carbocycles. The number of benzene rings is 2. The van der Waals surface area contributed by atoms with Gasteiger partial charge in [0.1, 0.15) is 0 Å². The second-order valence-electron chi connectivity index (χ2n) is 5.61. The molecule has 2 heteroatoms. The maximum atomic E-state index is 3.56. The highest BCUT2D eigenvalue weighted by molar-refractivity contribution is 5.57. The lowest BCUT2D eigenvalue weighted by atomic mass is 10.1. The van der Waals surface area contributed by atoms with Crippen LogP contribution in [-0.2, 0) is 6.42 Å². The van der Waals surface area contributed by atoms with E-state index in [9.17, 15) is 0 Å². The minimum absolute atomic E-state index is 0.990. The molecule has 0 aliphatic carbocycles. The third-order valence-corrected chi connectivity index (χ3v) is 4.07. The summed E-state index contributed by atoms with van der Waals surface area (Å²) in [6.45, 7) is 7.50. The Morgan fingerprint density at radius 1 is 1.00 bits per heavy atom. The predicted molar refractivity (Wildman–Crippen MR) is 86.8 cm³/mol. The van der Waals surface area contributed by atoms with Gasteiger partial charge in [-0.2, -0.15) is 0 Å². The summed E-state index contributed by atoms with van der Waals surface area (Å²) in [7, 11) is 0. The van der Waals surface area contributed by atoms with Gasteiger partial charge in [0.25, 0.3) is 0 Å². The second kappa shape index (κ2) is 5.58. The van der Waals surface area contributed by atoms with Crippen LogP contribution in [0.2, 0.25) is 0 Å². The van der Waals surface area contributed by atoms with Crippen LogP contribution in [-0.4, -0.2) is 19.6 Å². The molecule has 1 aliphatic rings. The molecule has 0 unspecified atom stereocenters. The Morgan fingerprint density at radius 3 is 2.75 bits per heavy atom. The van der Waals surface area contributed by atoms with E-state index in [0.717, 1.165) is 26.1 Å². The molecule has 0 bridgehead atoms. The number of nitrogens with one attached hydrogen (secondary N) is 1. The van der Waals surface area contributed by atoms with Crippen LogP contribution in [0.3, 0.4) is 0 Å². The fourth-order valence-corrected chi connectivity index (χ4v) is 2.90. The summed E-state index contributed by atoms with van der Waals surface area (Å²) in [4.78, 5) is 2.51. The maximum absolute atomic E-state index is 3.56. The molecule has 2 aromatic rings. The first-order chi connectivity index (χ1) is 9.74. The monoisotopic (exact) mass is 266 g/mol. The molecule has 0 saturated heterocycles. The Balaban J connectivity index is 1.85. The molecule has 0 spiro atoms. The molecule has 2 nitrogen and oxygen atoms in total. The van der Waals surface area contributed by atoms with Gasteiger partial charge in [-0.15, -0.1) is 0 Å². The standard InChI is InChI=1S/C18H22N2/c1-14-7-8-15(2)18(13-14)20-11-9-16-5-3-4-6-17(16)19-10-12-20/h3-8,13,19H,9-12H2,1-2H3. The average molecular weight is 266 g/mol. The molecular weight excluding hydrogens is 244 g/mol. The minimum atomic E-state index is 0.990. The quantitative estimate of drug-likeness (QED) is 0.845. The Kier molecular flexibility index (Phi) is 3.64. The van der Waals surface area contributed by atoms with Crippen molar-refractivity contribution in [1.82, 2.24) is 0 Å². The zero-order chi connectivity index (χ0) is 13.9. The third-order valence-electron chi connectivity index (χ3n) is 4.07. The number of hydrogen-bond donors (Lipinski definition) is 1. The molecular formula is C18H22N2. The fraction of sp³-hybridized carbons (Fsp3) is 0.333. The van der Waals surface area contributed by atoms with Crippen molar-refractivity contribution < 1.29 is 0 Å². The Hall–Kier alpha value is -1.96. The van der Waals surface area contributed by atoms with Crippen LogP contribution in [0, 0.1) is 13.8 Å². The largest absolute Gasteiger partial charge is 0.383 e. The van der Waals surface area contributed by atoms with Crippen molar-refractivity contribution in [1.29, 1.82) is 0 Å². The van der Waals surface area contributed by atoms with E-state index in [1.54, 1.807) is 0 Å². The highest BCUT2D eigenvalue weighted by Crippen LogP contribution is 2.24. The first-order valence-corrected chi connectivity index (χ1v) is 7.38. The number of fused-ring (bicyclic) bond motifs is 1. The number of nitrogens with zero attached hydrogens (tertiary/aromatic N) is 1. The number of para-hydroxylation sites is 1. The van der Waals surface area contributed by atoms with Crippen LogP contribution < -0.4 is 10.2 Å². The molecule has 0 amide bonds. The molecule has 20 heavy (non-hydrogen) atoms. The highest BCUT2D eigenvalue weighted by atomic mass is 15.1. The van der Waals surface area contributed by atoms with Crippen molar-refractivity contribution in [2.24, 2.45) is 0 Å². The predicted octanol–water partition coefficient (Wildman–Crippen LogP) is 3.78. The topological polar surface area (TPSA) is 15.3 Å². The van der Waals surface area contributed by atoms with Crippen LogP contribution >= 0.6 is 0 Å². The zero-order valence-electron chi connectivity index (χ0n) is 12.3. The van der Waals surface area contributed by atoms with Gasteiger partial charge in [-0.3, -0.25) is 0 Å². The Morgan fingerprint density at radius 2 is 1.85 bits per heavy atom. The van der Waals surface area contributed by atoms with E-state index in [-0.39, 0.29) is 0 Å². The van der Waals surface area contributed by atoms with Crippen LogP contribution in [0.1, 0.15) is 16.7 Å². The van der Waals surface area contributed by atoms with E-state index in [1.807, 2.05) is 0 Å². The molecule has 0 atom stereocenters. The summed E-state index contributed by atoms with van der Waals surface area (Å²) in [6.07, 6.45) is 1.09. The molecule has 0 radical (unpaired) electrons. The van der Waals surface area contributed by atoms with E-state index in [0.29, 0.717) is 0 Å². The van der Waals surface area contributed by atoms with Gasteiger partial charge in [-0.05, 0) is 49.1 Å². The summed E-state index contributed by atoms with van der Waals surface area (Å²) in [5.74, 6) is 0. The number of rotatable bonds is 1. The van der Waals surface area contributed by atoms with Crippen molar-refractivity contribution >= 4 is 11.4 Å². The van der Waals surface area contributed by atoms with Gasteiger partial charge >= 0.3 is 0 Å². The third kappa shape index (κ3) is 2.64. The molecule has 1 aliphatic heterocycles. The summed E-state index contributed by atoms with van der Waals surface area (Å²) in [6, 6.07) is 15.4. The molecule has 104 valence electrons. The van der Waals surface area contributed by atoms with E-state index in [2.05, 4.69) is 66.5 Å². The second-order valence-corrected chi connectivity index (χ2v) is 5.61. The maximum Gasteiger partial charge on any atom is 0.0399 e. The smallest absolute Gasteiger partial charge is 0.0399 e. The molecule has 3 rings (SSSR count). The SMILES string of the molecule is Cc1ccc(C)c(N2CCNc3ccccc3CC2)c1. The average Bonchev–Trinajstić information content (AvgIpc) is 2.43. The van der Waals surface area contributed by atoms with E-state index in [1.165, 1.54) is 28.1 Å². The molecule has 1 heterocycles. The van der Waals surface area contributed by atoms with Crippen LogP contribution in [0.5, 0.6) is 0 Å². The lowest BCUT2D eigenvalue weighted by Crippen LogP contribution is -2.33. The Bertz CT molecular complexity index is 604. The van der Waals surface area contributed by atoms with Crippen molar-refractivity contribution in [3.05, 3.63) is 59.2 Å². The van der Waals surface area contributed by atoms with Crippen LogP contribution in [0.4, 0.5) is 11.4 Å². The normalized spacial score (nSPS) is 15.0. The van der Waals surface area contributed by atoms with Crippen molar-refractivity contribution in [2.45, 2.75) is 20.3 Å². The van der Waals surface area contributed by atoms with Crippen molar-refractivity contribution in [3.63, 3.8) is 0 Å². The van der Waals surface area contributed by atoms with Crippen molar-refractivity contribution in [3.8, 4) is 0 Å². The molecule has 0 fully saturated rings. The summed E-state index contributed by atoms with van der Waals surface area (Å²) >= 11 is 0. The number of anilines is 2. The summed E-state index contributed by atoms with van der Waals surface area (Å²) in [5, 5.41) is 3.56. The van der Waals surface area contributed by atoms with Gasteiger partial charge in [0, 0.05) is 31.0 Å². The number of hydrogen-bond acceptors (Lipinski definition) is 2. The minimum Gasteiger partial charge on any atom is -0.383 e. The lowest BCUT2D eigenvalue weighted by molar-refractivity contribution is 0.771. The van der Waals surface area contributed by atoms with Gasteiger partial charge < -0.3 is 10.2 Å². The highest BCUT2D eigenvalue weighted by Gasteiger charge is 2.13. The van der Waals surface area contributed by atoms with Crippen molar-refractivity contribution in [2.75, 3.05) is 29.9 Å². The van der Waals surface area contributed by atoms with E-state index in [4.69, 9.17) is 0 Å². The van der Waals surface area contributed by atoms with Gasteiger partial charge in [0.15, 0.2) is 0 Å². The summed E-state index contributed by atoms with van der Waals surface area (Å²) in [5.41, 5.74) is 6.80. The molecule has 0 aromatic heterocycles. The Labute approximate surface area is 121 Å². The van der Waals surface area contributed by atoms with Gasteiger partial charge in [0.05, 0.1) is 0 Å². The lowest BCUT2D eigenvalue weighted by Gasteiger charge is -2.30. The first-order valence-electron chi connectivity index (χ1n) is 7.38. The molecule has 0 saturated carbocycles. The van der Waals surface area contributed by atoms with Gasteiger partial charge in [-0.25, -0.2) is 0 Å². The van der Waals surface area contributed by atoms with Gasteiger partial charge in [0.2, 0.25) is 0 Å². The van der Waals surface area contributed by atoms with Gasteiger partial charge in [-0.1, -0.05) is 30.3 Å². The number of aryl methyl sites for hydroxylation is 2. The zero-order valence-corrected chi connectivity index (χ0v) is 12.3. The van der Waals surface area contributed by atoms with Crippen LogP contribution in [0.15, 0.2) is 42.5 Å². The van der Waals surface area contributed by atoms with E-state index >= 15 is 0 Å². The fourth-order valence-electron chi connectivity index (χ4n) is 2.90. The summed E-state index contributed by atoms with van der Waals surface area (Å²) < 4.78 is 0. The molecule has 1 N–H and O–H groups in total. The first kappa shape index (κ1) is 13.0. The van der Waals surface area contributed by atoms with Crippen LogP contribution in [0.25, 0.3) is 0 Å².